The van der Waals surface area contributed by atoms with Gasteiger partial charge in [-0.05, 0) is 62.2 Å². The number of aldehydes is 1. The fraction of sp³-hybridized carbons (Fsp3) is 0.853. The molecule has 0 spiro atoms. The first kappa shape index (κ1) is 32.6. The lowest BCUT2D eigenvalue weighted by atomic mass is 9.43. The van der Waals surface area contributed by atoms with Crippen molar-refractivity contribution in [1.29, 1.82) is 0 Å². The van der Waals surface area contributed by atoms with Crippen LogP contribution in [0.5, 0.6) is 0 Å². The van der Waals surface area contributed by atoms with E-state index in [1.807, 2.05) is 20.8 Å². The summed E-state index contributed by atoms with van der Waals surface area (Å²) in [5, 5.41) is 22.7. The van der Waals surface area contributed by atoms with Crippen molar-refractivity contribution in [2.75, 3.05) is 13.7 Å². The Morgan fingerprint density at radius 2 is 1.88 bits per heavy atom. The highest BCUT2D eigenvalue weighted by Crippen LogP contribution is 2.82. The molecule has 0 radical (unpaired) electrons. The van der Waals surface area contributed by atoms with Crippen LogP contribution in [0, 0.1) is 51.8 Å². The largest absolute Gasteiger partial charge is 0.481 e. The minimum atomic E-state index is -1.38. The Labute approximate surface area is 256 Å². The second kappa shape index (κ2) is 11.8. The van der Waals surface area contributed by atoms with Gasteiger partial charge < -0.3 is 34.0 Å². The molecule has 0 aromatic carbocycles. The van der Waals surface area contributed by atoms with Gasteiger partial charge >= 0.3 is 11.9 Å². The Morgan fingerprint density at radius 3 is 2.49 bits per heavy atom. The van der Waals surface area contributed by atoms with Crippen LogP contribution in [0.15, 0.2) is 11.6 Å². The van der Waals surface area contributed by atoms with Crippen molar-refractivity contribution in [3.63, 3.8) is 0 Å². The third-order valence-corrected chi connectivity index (χ3v) is 12.3. The molecule has 0 aromatic rings. The van der Waals surface area contributed by atoms with Gasteiger partial charge in [0, 0.05) is 12.5 Å². The number of ether oxygens (including phenoxy) is 4. The second-order valence-corrected chi connectivity index (χ2v) is 14.6. The van der Waals surface area contributed by atoms with Crippen LogP contribution >= 0.6 is 0 Å². The normalized spacial score (nSPS) is 45.5. The molecule has 43 heavy (non-hydrogen) atoms. The van der Waals surface area contributed by atoms with Gasteiger partial charge in [-0.1, -0.05) is 65.5 Å². The van der Waals surface area contributed by atoms with Crippen LogP contribution in [0.3, 0.4) is 0 Å². The summed E-state index contributed by atoms with van der Waals surface area (Å²) in [5.41, 5.74) is -2.41. The summed E-state index contributed by atoms with van der Waals surface area (Å²) in [6.45, 7) is 11.9. The fourth-order valence-electron chi connectivity index (χ4n) is 10.3. The topological polar surface area (TPSA) is 129 Å². The van der Waals surface area contributed by atoms with E-state index in [-0.39, 0.29) is 36.2 Å². The zero-order chi connectivity index (χ0) is 31.5. The number of aliphatic carboxylic acids is 1. The molecule has 5 aliphatic rings. The average molecular weight is 605 g/mol. The van der Waals surface area contributed by atoms with Gasteiger partial charge in [0.15, 0.2) is 12.4 Å². The predicted octanol–water partition coefficient (Wildman–Crippen LogP) is 4.79. The molecule has 4 aliphatic carbocycles. The van der Waals surface area contributed by atoms with Crippen molar-refractivity contribution in [1.82, 2.24) is 0 Å². The zero-order valence-electron chi connectivity index (χ0n) is 26.9. The summed E-state index contributed by atoms with van der Waals surface area (Å²) < 4.78 is 24.1. The number of rotatable bonds is 12. The van der Waals surface area contributed by atoms with E-state index in [2.05, 4.69) is 19.9 Å². The number of carboxylic acid groups (broad SMARTS) is 1. The number of aliphatic hydroxyl groups excluding tert-OH is 1. The number of carbonyl (C=O) groups excluding carboxylic acids is 2. The molecule has 0 aromatic heterocycles. The van der Waals surface area contributed by atoms with Crippen LogP contribution in [0.1, 0.15) is 86.5 Å². The van der Waals surface area contributed by atoms with E-state index in [4.69, 9.17) is 18.9 Å². The minimum Gasteiger partial charge on any atom is -0.481 e. The SMILES string of the molecule is CCCCC(C)C(=O)O[C@H]1[C@H](O)[C@H](OCC23C[C@@H]4[C@H](C)CC[C@H]4C4(C=O)CC2C=C(C(C)C)C34C(=O)O)O[C@H](C)[C@H]1OC. The molecule has 1 saturated heterocycles. The number of carbonyl (C=O) groups is 3. The number of carboxylic acids is 1. The van der Waals surface area contributed by atoms with Crippen molar-refractivity contribution in [3.05, 3.63) is 11.6 Å². The Hall–Kier alpha value is -1.81. The minimum absolute atomic E-state index is 0.0158. The molecule has 5 rings (SSSR count). The predicted molar refractivity (Wildman–Crippen MR) is 158 cm³/mol. The zero-order valence-corrected chi connectivity index (χ0v) is 26.9. The van der Waals surface area contributed by atoms with Crippen LogP contribution < -0.4 is 0 Å². The lowest BCUT2D eigenvalue weighted by Gasteiger charge is -2.58. The van der Waals surface area contributed by atoms with E-state index in [1.54, 1.807) is 6.92 Å². The molecule has 4 bridgehead atoms. The Balaban J connectivity index is 1.47. The lowest BCUT2D eigenvalue weighted by molar-refractivity contribution is -0.309. The molecule has 4 fully saturated rings. The average Bonchev–Trinajstić information content (AvgIpc) is 3.54. The van der Waals surface area contributed by atoms with Crippen LogP contribution in [-0.4, -0.2) is 72.9 Å². The van der Waals surface area contributed by atoms with Gasteiger partial charge in [0.05, 0.1) is 24.0 Å². The Morgan fingerprint density at radius 1 is 1.16 bits per heavy atom. The number of unbranched alkanes of at least 4 members (excludes halogenated alkanes) is 1. The standard InChI is InChI=1S/C34H52O9/c1-8-9-10-20(5)29(37)43-28-26(36)30(42-21(6)27(28)40-7)41-17-33-15-23-19(4)11-12-24(23)32(16-35)14-22(33)13-25(18(2)3)34(32,33)31(38)39/h13,16,18-24,26-28,30,36H,8-12,14-15,17H2,1-7H3,(H,38,39)/t19-,20?,21-,22?,23-,24-,26+,27-,28+,30-,32?,33?,34?/m1/s1. The van der Waals surface area contributed by atoms with Gasteiger partial charge in [0.2, 0.25) is 0 Å². The summed E-state index contributed by atoms with van der Waals surface area (Å²) >= 11 is 0. The maximum absolute atomic E-state index is 13.7. The van der Waals surface area contributed by atoms with Gasteiger partial charge in [0.25, 0.3) is 0 Å². The molecule has 5 unspecified atom stereocenters. The van der Waals surface area contributed by atoms with Gasteiger partial charge in [-0.3, -0.25) is 9.59 Å². The third-order valence-electron chi connectivity index (χ3n) is 12.3. The molecule has 1 heterocycles. The first-order chi connectivity index (χ1) is 20.4. The van der Waals surface area contributed by atoms with E-state index in [0.717, 1.165) is 37.5 Å². The number of fused-ring (bicyclic) bond motifs is 2. The van der Waals surface area contributed by atoms with Gasteiger partial charge in [-0.2, -0.15) is 0 Å². The number of esters is 1. The summed E-state index contributed by atoms with van der Waals surface area (Å²) in [4.78, 5) is 40.0. The highest BCUT2D eigenvalue weighted by Gasteiger charge is 2.84. The second-order valence-electron chi connectivity index (χ2n) is 14.6. The molecular formula is C34H52O9. The lowest BCUT2D eigenvalue weighted by Crippen LogP contribution is -2.64. The molecule has 242 valence electrons. The molecule has 9 heteroatoms. The summed E-state index contributed by atoms with van der Waals surface area (Å²) in [6, 6.07) is 0. The molecule has 9 nitrogen and oxygen atoms in total. The first-order valence-electron chi connectivity index (χ1n) is 16.5. The van der Waals surface area contributed by atoms with Gasteiger partial charge in [-0.15, -0.1) is 0 Å². The van der Waals surface area contributed by atoms with Gasteiger partial charge in [0.1, 0.15) is 23.9 Å². The number of hydrogen-bond donors (Lipinski definition) is 2. The van der Waals surface area contributed by atoms with Crippen LogP contribution in [0.4, 0.5) is 0 Å². The summed E-state index contributed by atoms with van der Waals surface area (Å²) in [6.07, 6.45) is 3.89. The maximum Gasteiger partial charge on any atom is 0.315 e. The molecule has 3 saturated carbocycles. The molecule has 0 amide bonds. The van der Waals surface area contributed by atoms with Crippen LogP contribution in [-0.2, 0) is 33.3 Å². The van der Waals surface area contributed by atoms with Crippen LogP contribution in [0.2, 0.25) is 0 Å². The van der Waals surface area contributed by atoms with E-state index >= 15 is 0 Å². The monoisotopic (exact) mass is 604 g/mol. The summed E-state index contributed by atoms with van der Waals surface area (Å²) in [7, 11) is 1.49. The smallest absolute Gasteiger partial charge is 0.315 e. The van der Waals surface area contributed by atoms with Crippen molar-refractivity contribution in [2.24, 2.45) is 51.8 Å². The third kappa shape index (κ3) is 4.50. The maximum atomic E-state index is 13.7. The Bertz CT molecular complexity index is 1120. The van der Waals surface area contributed by atoms with Crippen LogP contribution in [0.25, 0.3) is 0 Å². The highest BCUT2D eigenvalue weighted by atomic mass is 16.7. The molecule has 1 aliphatic heterocycles. The van der Waals surface area contributed by atoms with E-state index in [9.17, 15) is 24.6 Å². The fourth-order valence-corrected chi connectivity index (χ4v) is 10.3. The first-order valence-corrected chi connectivity index (χ1v) is 16.5. The quantitative estimate of drug-likeness (QED) is 0.184. The van der Waals surface area contributed by atoms with E-state index < -0.39 is 58.9 Å². The van der Waals surface area contributed by atoms with E-state index in [1.165, 1.54) is 7.11 Å². The summed E-state index contributed by atoms with van der Waals surface area (Å²) in [5.74, 6) is -1.24. The van der Waals surface area contributed by atoms with Gasteiger partial charge in [-0.25, -0.2) is 0 Å². The highest BCUT2D eigenvalue weighted by molar-refractivity contribution is 5.90. The van der Waals surface area contributed by atoms with Crippen molar-refractivity contribution in [2.45, 2.75) is 117 Å². The van der Waals surface area contributed by atoms with Crippen molar-refractivity contribution in [3.8, 4) is 0 Å². The number of allylic oxidation sites excluding steroid dienone is 1. The van der Waals surface area contributed by atoms with E-state index in [0.29, 0.717) is 25.2 Å². The number of methoxy groups -OCH3 is 1. The Kier molecular flexibility index (Phi) is 8.97. The van der Waals surface area contributed by atoms with Crippen molar-refractivity contribution >= 4 is 18.2 Å². The molecule has 13 atom stereocenters. The van der Waals surface area contributed by atoms with Crippen molar-refractivity contribution < 1.29 is 43.5 Å². The molecular weight excluding hydrogens is 552 g/mol. The number of hydrogen-bond acceptors (Lipinski definition) is 8. The number of aliphatic hydroxyl groups is 1. The molecule has 2 N–H and O–H groups in total.